The van der Waals surface area contributed by atoms with Gasteiger partial charge in [-0.05, 0) is 42.8 Å². The van der Waals surface area contributed by atoms with Crippen molar-refractivity contribution in [3.8, 4) is 0 Å². The molecule has 0 amide bonds. The molecule has 29 heavy (non-hydrogen) atoms. The predicted molar refractivity (Wildman–Crippen MR) is 117 cm³/mol. The number of H-pyrrole nitrogens is 1. The van der Waals surface area contributed by atoms with Gasteiger partial charge in [0.1, 0.15) is 11.5 Å². The highest BCUT2D eigenvalue weighted by molar-refractivity contribution is 7.99. The van der Waals surface area contributed by atoms with Crippen molar-refractivity contribution < 1.29 is 0 Å². The number of fused-ring (bicyclic) bond motifs is 2. The van der Waals surface area contributed by atoms with Crippen LogP contribution in [-0.2, 0) is 6.42 Å². The summed E-state index contributed by atoms with van der Waals surface area (Å²) in [5, 5.41) is 2.22. The zero-order valence-corrected chi connectivity index (χ0v) is 17.5. The van der Waals surface area contributed by atoms with Crippen LogP contribution < -0.4 is 10.6 Å². The lowest BCUT2D eigenvalue weighted by Crippen LogP contribution is -2.27. The van der Waals surface area contributed by atoms with Crippen molar-refractivity contribution >= 4 is 51.2 Å². The Kier molecular flexibility index (Phi) is 4.77. The molecule has 148 valence electrons. The number of rotatable bonds is 4. The van der Waals surface area contributed by atoms with Gasteiger partial charge in [-0.3, -0.25) is 9.97 Å². The summed E-state index contributed by atoms with van der Waals surface area (Å²) < 4.78 is 0. The van der Waals surface area contributed by atoms with Crippen LogP contribution in [0.3, 0.4) is 0 Å². The molecule has 0 radical (unpaired) electrons. The van der Waals surface area contributed by atoms with E-state index in [2.05, 4.69) is 26.8 Å². The first-order chi connectivity index (χ1) is 14.1. The number of nitrogens with two attached hydrogens (primary N) is 1. The number of aryl methyl sites for hydroxylation is 1. The fourth-order valence-electron chi connectivity index (χ4n) is 3.66. The minimum Gasteiger partial charge on any atom is -0.354 e. The molecule has 1 atom stereocenters. The van der Waals surface area contributed by atoms with E-state index < -0.39 is 0 Å². The second-order valence-corrected chi connectivity index (χ2v) is 8.55. The van der Waals surface area contributed by atoms with Crippen LogP contribution in [0.1, 0.15) is 19.0 Å². The number of aromatic amines is 1. The van der Waals surface area contributed by atoms with Gasteiger partial charge in [-0.15, -0.1) is 0 Å². The Bertz CT molecular complexity index is 1210. The van der Waals surface area contributed by atoms with Gasteiger partial charge in [0.2, 0.25) is 0 Å². The molecule has 4 aromatic rings. The summed E-state index contributed by atoms with van der Waals surface area (Å²) in [7, 11) is 0. The topological polar surface area (TPSA) is 96.6 Å². The molecule has 1 fully saturated rings. The second kappa shape index (κ2) is 7.44. The molecular formula is C20H20ClN7S. The van der Waals surface area contributed by atoms with Crippen LogP contribution in [0.15, 0.2) is 40.6 Å². The van der Waals surface area contributed by atoms with Gasteiger partial charge in [0, 0.05) is 42.1 Å². The van der Waals surface area contributed by atoms with Crippen molar-refractivity contribution in [2.24, 2.45) is 5.73 Å². The number of anilines is 1. The van der Waals surface area contributed by atoms with Gasteiger partial charge in [-0.25, -0.2) is 9.97 Å². The van der Waals surface area contributed by atoms with Crippen molar-refractivity contribution in [3.05, 3.63) is 41.3 Å². The molecule has 0 aliphatic carbocycles. The van der Waals surface area contributed by atoms with Gasteiger partial charge in [0.15, 0.2) is 5.16 Å². The number of nitrogens with zero attached hydrogens (tertiary/aromatic N) is 5. The first-order valence-corrected chi connectivity index (χ1v) is 10.8. The van der Waals surface area contributed by atoms with E-state index in [1.807, 2.05) is 24.4 Å². The molecule has 4 aromatic heterocycles. The molecule has 1 aliphatic rings. The maximum Gasteiger partial charge on any atom is 0.196 e. The van der Waals surface area contributed by atoms with Gasteiger partial charge in [-0.2, -0.15) is 0 Å². The van der Waals surface area contributed by atoms with Crippen LogP contribution in [0.25, 0.3) is 22.1 Å². The monoisotopic (exact) mass is 425 g/mol. The van der Waals surface area contributed by atoms with Crippen molar-refractivity contribution in [1.82, 2.24) is 24.9 Å². The molecule has 0 unspecified atom stereocenters. The fraction of sp³-hybridized carbons (Fsp3) is 0.300. The SMILES string of the molecule is CCc1[nH]c2nc(Sc3cnc4cccnc4c3)nc(N3CC[C@@H](N)C3)c2c1Cl. The molecule has 1 saturated heterocycles. The minimum absolute atomic E-state index is 0.148. The number of hydrogen-bond acceptors (Lipinski definition) is 7. The van der Waals surface area contributed by atoms with Gasteiger partial charge in [-0.1, -0.05) is 18.5 Å². The van der Waals surface area contributed by atoms with Gasteiger partial charge < -0.3 is 15.6 Å². The van der Waals surface area contributed by atoms with E-state index in [-0.39, 0.29) is 6.04 Å². The molecule has 0 spiro atoms. The molecule has 1 aliphatic heterocycles. The third-order valence-electron chi connectivity index (χ3n) is 5.14. The van der Waals surface area contributed by atoms with Gasteiger partial charge >= 0.3 is 0 Å². The predicted octanol–water partition coefficient (Wildman–Crippen LogP) is 3.81. The quantitative estimate of drug-likeness (QED) is 0.480. The average molecular weight is 426 g/mol. The Morgan fingerprint density at radius 1 is 1.31 bits per heavy atom. The normalized spacial score (nSPS) is 16.9. The summed E-state index contributed by atoms with van der Waals surface area (Å²) in [4.78, 5) is 25.0. The van der Waals surface area contributed by atoms with E-state index in [1.54, 1.807) is 6.20 Å². The van der Waals surface area contributed by atoms with Gasteiger partial charge in [0.25, 0.3) is 0 Å². The first-order valence-electron chi connectivity index (χ1n) is 9.59. The lowest BCUT2D eigenvalue weighted by molar-refractivity contribution is 0.751. The first kappa shape index (κ1) is 18.6. The Labute approximate surface area is 177 Å². The number of halogens is 1. The van der Waals surface area contributed by atoms with E-state index in [4.69, 9.17) is 27.3 Å². The van der Waals surface area contributed by atoms with Crippen LogP contribution in [-0.4, -0.2) is 44.1 Å². The van der Waals surface area contributed by atoms with Crippen molar-refractivity contribution in [3.63, 3.8) is 0 Å². The number of aromatic nitrogens is 5. The molecule has 3 N–H and O–H groups in total. The zero-order valence-electron chi connectivity index (χ0n) is 15.9. The molecular weight excluding hydrogens is 406 g/mol. The van der Waals surface area contributed by atoms with E-state index in [0.29, 0.717) is 10.2 Å². The Hall–Kier alpha value is -2.42. The molecule has 0 aromatic carbocycles. The Morgan fingerprint density at radius 2 is 2.21 bits per heavy atom. The van der Waals surface area contributed by atoms with E-state index in [1.165, 1.54) is 11.8 Å². The molecule has 0 saturated carbocycles. The Morgan fingerprint density at radius 3 is 3.00 bits per heavy atom. The number of pyridine rings is 2. The highest BCUT2D eigenvalue weighted by Gasteiger charge is 2.26. The van der Waals surface area contributed by atoms with Crippen molar-refractivity contribution in [2.75, 3.05) is 18.0 Å². The maximum atomic E-state index is 6.66. The molecule has 0 bridgehead atoms. The fourth-order valence-corrected chi connectivity index (χ4v) is 4.77. The van der Waals surface area contributed by atoms with E-state index in [0.717, 1.165) is 64.4 Å². The van der Waals surface area contributed by atoms with Gasteiger partial charge in [0.05, 0.1) is 21.4 Å². The summed E-state index contributed by atoms with van der Waals surface area (Å²) >= 11 is 8.13. The summed E-state index contributed by atoms with van der Waals surface area (Å²) in [6.07, 6.45) is 5.34. The van der Waals surface area contributed by atoms with Crippen molar-refractivity contribution in [1.29, 1.82) is 0 Å². The summed E-state index contributed by atoms with van der Waals surface area (Å²) in [6, 6.07) is 5.98. The highest BCUT2D eigenvalue weighted by atomic mass is 35.5. The molecule has 5 heterocycles. The summed E-state index contributed by atoms with van der Waals surface area (Å²) in [5.41, 5.74) is 9.58. The minimum atomic E-state index is 0.148. The van der Waals surface area contributed by atoms with Crippen molar-refractivity contribution in [2.45, 2.75) is 35.9 Å². The maximum absolute atomic E-state index is 6.66. The summed E-state index contributed by atoms with van der Waals surface area (Å²) in [6.45, 7) is 3.70. The van der Waals surface area contributed by atoms with Crippen LogP contribution in [0.4, 0.5) is 5.82 Å². The third kappa shape index (κ3) is 3.41. The number of nitrogens with one attached hydrogen (secondary N) is 1. The lowest BCUT2D eigenvalue weighted by atomic mass is 10.3. The average Bonchev–Trinajstić information content (AvgIpc) is 3.30. The molecule has 5 rings (SSSR count). The second-order valence-electron chi connectivity index (χ2n) is 7.13. The van der Waals surface area contributed by atoms with E-state index in [9.17, 15) is 0 Å². The molecule has 7 nitrogen and oxygen atoms in total. The van der Waals surface area contributed by atoms with Crippen LogP contribution >= 0.6 is 23.4 Å². The lowest BCUT2D eigenvalue weighted by Gasteiger charge is -2.18. The summed E-state index contributed by atoms with van der Waals surface area (Å²) in [5.74, 6) is 0.846. The van der Waals surface area contributed by atoms with Crippen LogP contribution in [0.2, 0.25) is 5.02 Å². The van der Waals surface area contributed by atoms with E-state index >= 15 is 0 Å². The highest BCUT2D eigenvalue weighted by Crippen LogP contribution is 2.37. The largest absolute Gasteiger partial charge is 0.354 e. The standard InChI is InChI=1S/C20H20ClN7S/c1-2-13-17(21)16-18(25-13)26-20(27-19(16)28-7-5-11(22)10-28)29-12-8-15-14(24-9-12)4-3-6-23-15/h3-4,6,8-9,11H,2,5,7,10,22H2,1H3,(H,25,26,27)/t11-/m1/s1. The van der Waals surface area contributed by atoms with Crippen LogP contribution in [0.5, 0.6) is 0 Å². The molecule has 9 heteroatoms. The smallest absolute Gasteiger partial charge is 0.196 e. The van der Waals surface area contributed by atoms with Crippen LogP contribution in [0, 0.1) is 0 Å². The third-order valence-corrected chi connectivity index (χ3v) is 6.38. The number of hydrogen-bond donors (Lipinski definition) is 2. The Balaban J connectivity index is 1.59. The zero-order chi connectivity index (χ0) is 20.0.